The molecule has 0 bridgehead atoms. The van der Waals surface area contributed by atoms with Crippen molar-refractivity contribution < 1.29 is 13.3 Å². The quantitative estimate of drug-likeness (QED) is 0.177. The normalized spacial score (nSPS) is 13.5. The van der Waals surface area contributed by atoms with Gasteiger partial charge in [0.1, 0.15) is 22.5 Å². The fraction of sp³-hybridized carbons (Fsp3) is 0.500. The van der Waals surface area contributed by atoms with Gasteiger partial charge in [-0.3, -0.25) is 0 Å². The Labute approximate surface area is 237 Å². The minimum Gasteiger partial charge on any atom is -0.505 e. The first-order chi connectivity index (χ1) is 16.1. The van der Waals surface area contributed by atoms with Crippen molar-refractivity contribution in [1.82, 2.24) is 15.0 Å². The van der Waals surface area contributed by atoms with Crippen LogP contribution in [0.15, 0.2) is 36.4 Å². The van der Waals surface area contributed by atoms with Crippen LogP contribution in [0.1, 0.15) is 18.1 Å². The maximum Gasteiger partial charge on any atom is 0.314 e. The maximum absolute atomic E-state index is 11.2. The molecule has 0 saturated carbocycles. The third kappa shape index (κ3) is 9.49. The van der Waals surface area contributed by atoms with Gasteiger partial charge in [0.2, 0.25) is 0 Å². The van der Waals surface area contributed by atoms with Gasteiger partial charge in [-0.05, 0) is 100 Å². The molecule has 0 aliphatic carbocycles. The first kappa shape index (κ1) is 30.9. The molecule has 0 radical (unpaired) electrons. The van der Waals surface area contributed by atoms with E-state index in [-0.39, 0.29) is 5.75 Å². The molecule has 0 saturated heterocycles. The summed E-state index contributed by atoms with van der Waals surface area (Å²) in [5, 5.41) is 20.3. The lowest BCUT2D eigenvalue weighted by atomic mass is 9.99. The number of hydrogen-bond donors (Lipinski definition) is 1. The minimum absolute atomic E-state index is 0.244. The molecule has 0 aliphatic heterocycles. The zero-order chi connectivity index (χ0) is 26.6. The second kappa shape index (κ2) is 12.5. The van der Waals surface area contributed by atoms with Crippen LogP contribution in [0.5, 0.6) is 5.75 Å². The second-order valence-corrected chi connectivity index (χ2v) is 24.1. The highest BCUT2D eigenvalue weighted by Crippen LogP contribution is 2.33. The van der Waals surface area contributed by atoms with Gasteiger partial charge in [-0.2, -0.15) is 0 Å². The molecule has 0 amide bonds. The lowest BCUT2D eigenvalue weighted by Gasteiger charge is -2.39. The molecule has 194 valence electrons. The third-order valence-electron chi connectivity index (χ3n) is 5.15. The molecule has 1 unspecified atom stereocenters. The van der Waals surface area contributed by atoms with Crippen molar-refractivity contribution in [3.05, 3.63) is 47.5 Å². The molecule has 3 rings (SSSR count). The van der Waals surface area contributed by atoms with E-state index >= 15 is 0 Å². The Morgan fingerprint density at radius 1 is 0.914 bits per heavy atom. The highest BCUT2D eigenvalue weighted by molar-refractivity contribution is 15.0. The summed E-state index contributed by atoms with van der Waals surface area (Å²) in [4.78, 5) is 1.54. The van der Waals surface area contributed by atoms with Gasteiger partial charge >= 0.3 is 8.56 Å². The van der Waals surface area contributed by atoms with Crippen molar-refractivity contribution in [3.63, 3.8) is 0 Å². The van der Waals surface area contributed by atoms with Gasteiger partial charge in [0.25, 0.3) is 0 Å². The number of aromatic hydroxyl groups is 1. The van der Waals surface area contributed by atoms with E-state index in [9.17, 15) is 5.11 Å². The Morgan fingerprint density at radius 2 is 1.40 bits per heavy atom. The topological polar surface area (TPSA) is 69.4 Å². The second-order valence-electron chi connectivity index (χ2n) is 11.3. The van der Waals surface area contributed by atoms with Crippen molar-refractivity contribution in [2.45, 2.75) is 72.1 Å². The molecule has 0 spiro atoms. The summed E-state index contributed by atoms with van der Waals surface area (Å²) in [6.45, 7) is 19.9. The molecule has 1 atom stereocenters. The van der Waals surface area contributed by atoms with Gasteiger partial charge in [-0.15, -0.1) is 15.0 Å². The molecular weight excluding hydrogens is 716 g/mol. The molecule has 2 aromatic carbocycles. The number of aromatic nitrogens is 3. The van der Waals surface area contributed by atoms with Crippen LogP contribution in [0.3, 0.4) is 0 Å². The highest BCUT2D eigenvalue weighted by atomic mass is 128. The summed E-state index contributed by atoms with van der Waals surface area (Å²) < 4.78 is 13.4. The average Bonchev–Trinajstić information content (AvgIpc) is 3.12. The van der Waals surface area contributed by atoms with E-state index < -0.39 is 25.2 Å². The predicted octanol–water partition coefficient (Wildman–Crippen LogP) is 8.16. The lowest BCUT2D eigenvalue weighted by Crippen LogP contribution is -2.53. The lowest BCUT2D eigenvalue weighted by molar-refractivity contribution is 0.368. The van der Waals surface area contributed by atoms with Gasteiger partial charge in [0.15, 0.2) is 16.6 Å². The SMILES string of the molecule is Cc1cc(CC(C)C[Si](C)(O[Si](C)(C)C)O[Si](C)(C)C)c(O)c(-n2nc3ccccc3n2)c1.II. The molecule has 0 aliphatic rings. The zero-order valence-electron chi connectivity index (χ0n) is 22.3. The Bertz CT molecular complexity index is 1080. The van der Waals surface area contributed by atoms with Gasteiger partial charge < -0.3 is 13.3 Å². The van der Waals surface area contributed by atoms with E-state index in [0.29, 0.717) is 11.6 Å². The summed E-state index contributed by atoms with van der Waals surface area (Å²) in [6.07, 6.45) is 0.744. The van der Waals surface area contributed by atoms with Crippen LogP contribution < -0.4 is 0 Å². The molecule has 6 nitrogen and oxygen atoms in total. The molecule has 0 fully saturated rings. The summed E-state index contributed by atoms with van der Waals surface area (Å²) >= 11 is 4.24. The Kier molecular flexibility index (Phi) is 11.0. The van der Waals surface area contributed by atoms with Crippen LogP contribution in [0.4, 0.5) is 0 Å². The fourth-order valence-corrected chi connectivity index (χ4v) is 17.6. The summed E-state index contributed by atoms with van der Waals surface area (Å²) in [5.41, 5.74) is 4.22. The van der Waals surface area contributed by atoms with Crippen LogP contribution in [0, 0.1) is 12.8 Å². The number of halogens is 2. The molecule has 1 aromatic heterocycles. The van der Waals surface area contributed by atoms with Crippen LogP contribution >= 0.6 is 37.2 Å². The van der Waals surface area contributed by atoms with E-state index in [1.807, 2.05) is 37.3 Å². The highest BCUT2D eigenvalue weighted by Gasteiger charge is 2.41. The fourth-order valence-electron chi connectivity index (χ4n) is 4.59. The average molecular weight is 756 g/mol. The van der Waals surface area contributed by atoms with Gasteiger partial charge in [-0.1, -0.05) is 25.1 Å². The summed E-state index contributed by atoms with van der Waals surface area (Å²) in [6, 6.07) is 12.6. The monoisotopic (exact) mass is 755 g/mol. The van der Waals surface area contributed by atoms with Crippen LogP contribution in [-0.2, 0) is 14.7 Å². The van der Waals surface area contributed by atoms with E-state index in [2.05, 4.69) is 106 Å². The van der Waals surface area contributed by atoms with E-state index in [1.54, 1.807) is 4.80 Å². The van der Waals surface area contributed by atoms with Crippen LogP contribution in [-0.4, -0.2) is 45.3 Å². The molecule has 1 heterocycles. The van der Waals surface area contributed by atoms with Crippen molar-refractivity contribution in [1.29, 1.82) is 0 Å². The number of fused-ring (bicyclic) bond motifs is 1. The standard InChI is InChI=1S/C24H39N3O3Si3.I2/c1-18-14-20(15-19(2)17-33(9,29-31(3,4)5)30-32(6,7)8)24(28)23(16-18)27-25-21-12-10-11-13-22(21)26-27;1-2/h10-14,16,19,28H,15,17H2,1-9H3;. The number of nitrogens with zero attached hydrogens (tertiary/aromatic N) is 3. The Hall–Kier alpha value is -0.329. The number of rotatable bonds is 9. The summed E-state index contributed by atoms with van der Waals surface area (Å²) in [7, 11) is -5.86. The molecule has 11 heteroatoms. The van der Waals surface area contributed by atoms with Gasteiger partial charge in [0.05, 0.1) is 0 Å². The van der Waals surface area contributed by atoms with Crippen molar-refractivity contribution in [2.75, 3.05) is 0 Å². The Balaban J connectivity index is 0.00000210. The third-order valence-corrected chi connectivity index (χ3v) is 14.9. The van der Waals surface area contributed by atoms with Crippen molar-refractivity contribution in [3.8, 4) is 11.4 Å². The number of phenolic OH excluding ortho intramolecular Hbond substituents is 1. The van der Waals surface area contributed by atoms with E-state index in [4.69, 9.17) is 8.23 Å². The smallest absolute Gasteiger partial charge is 0.314 e. The number of aryl methyl sites for hydroxylation is 1. The van der Waals surface area contributed by atoms with E-state index in [1.165, 1.54) is 0 Å². The molecule has 35 heavy (non-hydrogen) atoms. The van der Waals surface area contributed by atoms with Gasteiger partial charge in [0, 0.05) is 37.2 Å². The minimum atomic E-state index is -2.36. The van der Waals surface area contributed by atoms with Crippen molar-refractivity contribution in [2.24, 2.45) is 5.92 Å². The number of benzene rings is 2. The first-order valence-electron chi connectivity index (χ1n) is 11.8. The van der Waals surface area contributed by atoms with Crippen molar-refractivity contribution >= 4 is 73.5 Å². The van der Waals surface area contributed by atoms with Gasteiger partial charge in [-0.25, -0.2) is 0 Å². The Morgan fingerprint density at radius 3 is 1.86 bits per heavy atom. The van der Waals surface area contributed by atoms with E-state index in [0.717, 1.165) is 34.6 Å². The molecule has 1 N–H and O–H groups in total. The first-order valence-corrected chi connectivity index (χ1v) is 27.5. The maximum atomic E-state index is 11.2. The number of hydrogen-bond acceptors (Lipinski definition) is 5. The molecular formula is C24H39I2N3O3Si3. The summed E-state index contributed by atoms with van der Waals surface area (Å²) in [5.74, 6) is 0.549. The van der Waals surface area contributed by atoms with Crippen LogP contribution in [0.25, 0.3) is 16.7 Å². The predicted molar refractivity (Wildman–Crippen MR) is 171 cm³/mol. The van der Waals surface area contributed by atoms with Crippen LogP contribution in [0.2, 0.25) is 51.9 Å². The zero-order valence-corrected chi connectivity index (χ0v) is 29.6. The molecule has 3 aromatic rings. The largest absolute Gasteiger partial charge is 0.505 e. The number of phenols is 1.